The van der Waals surface area contributed by atoms with Crippen molar-refractivity contribution >= 4 is 32.4 Å². The van der Waals surface area contributed by atoms with Crippen LogP contribution in [-0.4, -0.2) is 24.4 Å². The molecule has 3 N–H and O–H groups in total. The lowest BCUT2D eigenvalue weighted by Crippen LogP contribution is -2.19. The monoisotopic (exact) mass is 392 g/mol. The number of rotatable bonds is 3. The molecule has 2 heterocycles. The van der Waals surface area contributed by atoms with Crippen molar-refractivity contribution in [2.75, 3.05) is 18.1 Å². The number of nitrogens with one attached hydrogen (secondary N) is 1. The second kappa shape index (κ2) is 5.83. The molecule has 6 nitrogen and oxygen atoms in total. The molecule has 0 aliphatic heterocycles. The van der Waals surface area contributed by atoms with E-state index in [1.54, 1.807) is 0 Å². The largest absolute Gasteiger partial charge is 0.396 e. The zero-order chi connectivity index (χ0) is 19.4. The third-order valence-electron chi connectivity index (χ3n) is 3.65. The van der Waals surface area contributed by atoms with Crippen LogP contribution < -0.4 is 11.1 Å². The molecule has 0 amide bonds. The van der Waals surface area contributed by atoms with Gasteiger partial charge in [0.05, 0.1) is 17.6 Å². The van der Waals surface area contributed by atoms with Crippen molar-refractivity contribution in [3.8, 4) is 0 Å². The Balaban J connectivity index is 2.38. The average molecular weight is 392 g/mol. The average Bonchev–Trinajstić information content (AvgIpc) is 3.03. The van der Waals surface area contributed by atoms with Crippen molar-refractivity contribution in [1.29, 1.82) is 0 Å². The van der Waals surface area contributed by atoms with E-state index in [9.17, 15) is 30.4 Å². The topological polar surface area (TPSA) is 90.0 Å². The van der Waals surface area contributed by atoms with E-state index in [1.807, 2.05) is 0 Å². The van der Waals surface area contributed by atoms with E-state index in [1.165, 1.54) is 13.1 Å². The van der Waals surface area contributed by atoms with Gasteiger partial charge >= 0.3 is 0 Å². The van der Waals surface area contributed by atoms with Gasteiger partial charge in [-0.3, -0.25) is 0 Å². The van der Waals surface area contributed by atoms with E-state index in [4.69, 9.17) is 5.73 Å². The minimum absolute atomic E-state index is 0.159. The first-order valence-corrected chi connectivity index (χ1v) is 8.27. The summed E-state index contributed by atoms with van der Waals surface area (Å²) < 4.78 is 93.3. The highest BCUT2D eigenvalue weighted by Crippen LogP contribution is 2.33. The number of pyridine rings is 1. The fraction of sp³-hybridized carbons (Fsp3) is 0.0714. The van der Waals surface area contributed by atoms with Gasteiger partial charge in [0, 0.05) is 18.6 Å². The minimum Gasteiger partial charge on any atom is -0.396 e. The molecule has 0 saturated carbocycles. The Labute approximate surface area is 143 Å². The molecule has 0 unspecified atom stereocenters. The Morgan fingerprint density at radius 1 is 1.04 bits per heavy atom. The van der Waals surface area contributed by atoms with Crippen molar-refractivity contribution in [1.82, 2.24) is 8.96 Å². The maximum absolute atomic E-state index is 13.9. The molecule has 0 aliphatic rings. The second-order valence-corrected chi connectivity index (χ2v) is 6.84. The summed E-state index contributed by atoms with van der Waals surface area (Å²) in [6, 6.07) is 1.22. The van der Waals surface area contributed by atoms with E-state index >= 15 is 0 Å². The number of aromatic nitrogens is 2. The number of hydrogen-bond acceptors (Lipinski definition) is 5. The van der Waals surface area contributed by atoms with Gasteiger partial charge in [0.15, 0.2) is 33.8 Å². The molecule has 3 rings (SSSR count). The minimum atomic E-state index is -5.19. The maximum atomic E-state index is 13.9. The van der Waals surface area contributed by atoms with Crippen molar-refractivity contribution in [2.24, 2.45) is 0 Å². The summed E-state index contributed by atoms with van der Waals surface area (Å²) in [5.41, 5.74) is 5.81. The predicted molar refractivity (Wildman–Crippen MR) is 82.5 cm³/mol. The third-order valence-corrected chi connectivity index (χ3v) is 5.33. The Bertz CT molecular complexity index is 1130. The van der Waals surface area contributed by atoms with Gasteiger partial charge in [-0.15, -0.1) is 0 Å². The van der Waals surface area contributed by atoms with Gasteiger partial charge in [0.25, 0.3) is 10.0 Å². The highest BCUT2D eigenvalue weighted by molar-refractivity contribution is 7.90. The Morgan fingerprint density at radius 3 is 2.12 bits per heavy atom. The van der Waals surface area contributed by atoms with Crippen molar-refractivity contribution in [3.05, 3.63) is 47.5 Å². The van der Waals surface area contributed by atoms with Crippen molar-refractivity contribution in [3.63, 3.8) is 0 Å². The molecular weight excluding hydrogens is 383 g/mol. The van der Waals surface area contributed by atoms with Crippen LogP contribution in [0.3, 0.4) is 0 Å². The van der Waals surface area contributed by atoms with Gasteiger partial charge < -0.3 is 11.1 Å². The number of fused-ring (bicyclic) bond motifs is 1. The summed E-state index contributed by atoms with van der Waals surface area (Å²) in [7, 11) is -3.71. The van der Waals surface area contributed by atoms with E-state index in [2.05, 4.69) is 10.3 Å². The molecule has 3 aromatic rings. The highest BCUT2D eigenvalue weighted by atomic mass is 32.2. The summed E-state index contributed by atoms with van der Waals surface area (Å²) >= 11 is 0. The van der Waals surface area contributed by atoms with Gasteiger partial charge in [-0.2, -0.15) is 0 Å². The number of hydrogen-bond donors (Lipinski definition) is 2. The van der Waals surface area contributed by atoms with E-state index in [0.29, 0.717) is 3.97 Å². The smallest absolute Gasteiger partial charge is 0.275 e. The molecule has 0 aliphatic carbocycles. The molecule has 0 bridgehead atoms. The lowest BCUT2D eigenvalue weighted by molar-refractivity contribution is 0.357. The molecule has 0 spiro atoms. The Morgan fingerprint density at radius 2 is 1.58 bits per heavy atom. The SMILES string of the molecule is CNc1c(N)cnc2c1ccn2S(=O)(=O)c1c(F)c(F)c(F)c(F)c1F. The Hall–Kier alpha value is -2.89. The van der Waals surface area contributed by atoms with Crippen molar-refractivity contribution in [2.45, 2.75) is 4.90 Å². The van der Waals surface area contributed by atoms with Crippen LogP contribution in [0.2, 0.25) is 0 Å². The van der Waals surface area contributed by atoms with Crippen LogP contribution in [0.1, 0.15) is 0 Å². The zero-order valence-electron chi connectivity index (χ0n) is 12.8. The highest BCUT2D eigenvalue weighted by Gasteiger charge is 2.35. The summed E-state index contributed by atoms with van der Waals surface area (Å²) in [6.07, 6.45) is 1.95. The number of halogens is 5. The molecule has 12 heteroatoms. The quantitative estimate of drug-likeness (QED) is 0.406. The summed E-state index contributed by atoms with van der Waals surface area (Å²) in [5.74, 6) is -12.1. The summed E-state index contributed by atoms with van der Waals surface area (Å²) in [6.45, 7) is 0. The normalized spacial score (nSPS) is 11.9. The number of nitrogen functional groups attached to an aromatic ring is 1. The molecule has 26 heavy (non-hydrogen) atoms. The van der Waals surface area contributed by atoms with Gasteiger partial charge in [-0.25, -0.2) is 39.3 Å². The van der Waals surface area contributed by atoms with E-state index in [-0.39, 0.29) is 22.4 Å². The maximum Gasteiger partial charge on any atom is 0.275 e. The first kappa shape index (κ1) is 17.9. The lowest BCUT2D eigenvalue weighted by atomic mass is 10.2. The molecule has 0 saturated heterocycles. The van der Waals surface area contributed by atoms with Crippen LogP contribution in [0.15, 0.2) is 23.4 Å². The van der Waals surface area contributed by atoms with Gasteiger partial charge in [-0.1, -0.05) is 0 Å². The zero-order valence-corrected chi connectivity index (χ0v) is 13.6. The molecule has 0 atom stereocenters. The molecular formula is C14H9F5N4O2S. The van der Waals surface area contributed by atoms with Crippen LogP contribution in [-0.2, 0) is 10.0 Å². The van der Waals surface area contributed by atoms with Gasteiger partial charge in [0.2, 0.25) is 5.82 Å². The van der Waals surface area contributed by atoms with Crippen LogP contribution in [0.5, 0.6) is 0 Å². The number of anilines is 2. The predicted octanol–water partition coefficient (Wildman–Crippen LogP) is 2.59. The molecule has 2 aromatic heterocycles. The van der Waals surface area contributed by atoms with E-state index < -0.39 is 44.0 Å². The van der Waals surface area contributed by atoms with Gasteiger partial charge in [-0.05, 0) is 6.07 Å². The third kappa shape index (κ3) is 2.29. The van der Waals surface area contributed by atoms with Crippen LogP contribution in [0, 0.1) is 29.1 Å². The fourth-order valence-electron chi connectivity index (χ4n) is 2.46. The number of nitrogens with two attached hydrogens (primary N) is 1. The fourth-order valence-corrected chi connectivity index (χ4v) is 3.88. The number of benzene rings is 1. The lowest BCUT2D eigenvalue weighted by Gasteiger charge is -2.11. The molecule has 0 radical (unpaired) electrons. The van der Waals surface area contributed by atoms with Crippen LogP contribution in [0.25, 0.3) is 11.0 Å². The molecule has 0 fully saturated rings. The molecule has 1 aromatic carbocycles. The van der Waals surface area contributed by atoms with E-state index in [0.717, 1.165) is 12.4 Å². The molecule has 138 valence electrons. The standard InChI is InChI=1S/C14H9F5N4O2S/c1-21-12-5-2-3-23(14(5)22-4-6(12)20)26(24,25)13-10(18)8(16)7(15)9(17)11(13)19/h2-4H,20H2,1H3,(H,21,22). The van der Waals surface area contributed by atoms with Crippen LogP contribution in [0.4, 0.5) is 33.3 Å². The first-order valence-electron chi connectivity index (χ1n) is 6.83. The summed E-state index contributed by atoms with van der Waals surface area (Å²) in [5, 5.41) is 2.87. The van der Waals surface area contributed by atoms with Crippen molar-refractivity contribution < 1.29 is 30.4 Å². The van der Waals surface area contributed by atoms with Crippen LogP contribution >= 0.6 is 0 Å². The van der Waals surface area contributed by atoms with Gasteiger partial charge in [0.1, 0.15) is 0 Å². The second-order valence-electron chi connectivity index (χ2n) is 5.09. The first-order chi connectivity index (χ1) is 12.1. The Kier molecular flexibility index (Phi) is 4.02. The number of nitrogens with zero attached hydrogens (tertiary/aromatic N) is 2. The summed E-state index contributed by atoms with van der Waals surface area (Å²) in [4.78, 5) is 1.80.